The van der Waals surface area contributed by atoms with Gasteiger partial charge in [0.1, 0.15) is 0 Å². The number of H-pyrrole nitrogens is 1. The molecule has 0 unspecified atom stereocenters. The SMILES string of the molecule is NC=C(C=NC(CO)CO)c1cn2nccc2c(-c2cn[nH]c2)n1. The van der Waals surface area contributed by atoms with Crippen LogP contribution in [0.4, 0.5) is 0 Å². The molecule has 0 aliphatic carbocycles. The van der Waals surface area contributed by atoms with Crippen molar-refractivity contribution in [2.45, 2.75) is 6.04 Å². The molecule has 9 nitrogen and oxygen atoms in total. The van der Waals surface area contributed by atoms with E-state index >= 15 is 0 Å². The number of aliphatic hydroxyl groups is 2. The third kappa shape index (κ3) is 3.03. The van der Waals surface area contributed by atoms with E-state index < -0.39 is 6.04 Å². The van der Waals surface area contributed by atoms with Gasteiger partial charge in [-0.1, -0.05) is 0 Å². The van der Waals surface area contributed by atoms with Crippen molar-refractivity contribution in [3.05, 3.63) is 42.7 Å². The molecule has 0 fully saturated rings. The van der Waals surface area contributed by atoms with Crippen molar-refractivity contribution in [2.24, 2.45) is 10.7 Å². The fourth-order valence-corrected chi connectivity index (χ4v) is 2.19. The molecular weight excluding hydrogens is 310 g/mol. The van der Waals surface area contributed by atoms with Gasteiger partial charge in [-0.2, -0.15) is 10.2 Å². The summed E-state index contributed by atoms with van der Waals surface area (Å²) >= 11 is 0. The lowest BCUT2D eigenvalue weighted by Crippen LogP contribution is -2.15. The molecule has 0 aromatic carbocycles. The lowest BCUT2D eigenvalue weighted by atomic mass is 10.1. The van der Waals surface area contributed by atoms with Gasteiger partial charge in [0, 0.05) is 29.7 Å². The molecule has 0 radical (unpaired) electrons. The first-order chi connectivity index (χ1) is 11.8. The molecule has 3 heterocycles. The van der Waals surface area contributed by atoms with Crippen LogP contribution in [0.15, 0.2) is 42.0 Å². The highest BCUT2D eigenvalue weighted by Gasteiger charge is 2.12. The van der Waals surface area contributed by atoms with E-state index in [1.165, 1.54) is 12.4 Å². The largest absolute Gasteiger partial charge is 0.404 e. The first-order valence-corrected chi connectivity index (χ1v) is 7.27. The highest BCUT2D eigenvalue weighted by atomic mass is 16.3. The van der Waals surface area contributed by atoms with Crippen LogP contribution in [-0.2, 0) is 0 Å². The third-order valence-corrected chi connectivity index (χ3v) is 3.48. The summed E-state index contributed by atoms with van der Waals surface area (Å²) < 4.78 is 1.69. The van der Waals surface area contributed by atoms with Crippen LogP contribution < -0.4 is 5.73 Å². The van der Waals surface area contributed by atoms with E-state index in [-0.39, 0.29) is 13.2 Å². The van der Waals surface area contributed by atoms with Gasteiger partial charge in [0.05, 0.1) is 54.8 Å². The fourth-order valence-electron chi connectivity index (χ4n) is 2.19. The quantitative estimate of drug-likeness (QED) is 0.464. The van der Waals surface area contributed by atoms with E-state index in [9.17, 15) is 0 Å². The highest BCUT2D eigenvalue weighted by molar-refractivity contribution is 6.09. The van der Waals surface area contributed by atoms with E-state index in [1.54, 1.807) is 29.3 Å². The number of aliphatic hydroxyl groups excluding tert-OH is 2. The smallest absolute Gasteiger partial charge is 0.0999 e. The number of hydrogen-bond donors (Lipinski definition) is 4. The summed E-state index contributed by atoms with van der Waals surface area (Å²) in [5, 5.41) is 29.2. The van der Waals surface area contributed by atoms with E-state index in [0.29, 0.717) is 17.0 Å². The summed E-state index contributed by atoms with van der Waals surface area (Å²) in [5.74, 6) is 0. The number of nitrogens with one attached hydrogen (secondary N) is 1. The zero-order valence-electron chi connectivity index (χ0n) is 12.7. The maximum absolute atomic E-state index is 9.10. The lowest BCUT2D eigenvalue weighted by molar-refractivity contribution is 0.196. The molecule has 24 heavy (non-hydrogen) atoms. The Morgan fingerprint density at radius 3 is 2.92 bits per heavy atom. The van der Waals surface area contributed by atoms with Crippen molar-refractivity contribution in [2.75, 3.05) is 13.2 Å². The number of nitrogens with two attached hydrogens (primary N) is 1. The van der Waals surface area contributed by atoms with Crippen molar-refractivity contribution < 1.29 is 10.2 Å². The molecule has 5 N–H and O–H groups in total. The average Bonchev–Trinajstić information content (AvgIpc) is 3.29. The third-order valence-electron chi connectivity index (χ3n) is 3.48. The summed E-state index contributed by atoms with van der Waals surface area (Å²) in [6, 6.07) is 1.26. The molecule has 124 valence electrons. The van der Waals surface area contributed by atoms with Gasteiger partial charge in [0.25, 0.3) is 0 Å². The van der Waals surface area contributed by atoms with Gasteiger partial charge in [-0.05, 0) is 6.07 Å². The Kier molecular flexibility index (Phi) is 4.64. The topological polar surface area (TPSA) is 138 Å². The molecule has 3 aromatic heterocycles. The normalized spacial score (nSPS) is 12.7. The van der Waals surface area contributed by atoms with Crippen molar-refractivity contribution in [1.82, 2.24) is 24.8 Å². The number of rotatable bonds is 6. The summed E-state index contributed by atoms with van der Waals surface area (Å²) in [6.45, 7) is -0.506. The first-order valence-electron chi connectivity index (χ1n) is 7.27. The molecule has 9 heteroatoms. The summed E-state index contributed by atoms with van der Waals surface area (Å²) in [5.41, 5.74) is 9.15. The first kappa shape index (κ1) is 15.8. The van der Waals surface area contributed by atoms with Gasteiger partial charge < -0.3 is 15.9 Å². The molecule has 3 aromatic rings. The Hall–Kier alpha value is -3.04. The van der Waals surface area contributed by atoms with Crippen LogP contribution in [0.3, 0.4) is 0 Å². The Balaban J connectivity index is 2.06. The van der Waals surface area contributed by atoms with Gasteiger partial charge in [0.15, 0.2) is 0 Å². The van der Waals surface area contributed by atoms with Gasteiger partial charge in [0.2, 0.25) is 0 Å². The number of hydrogen-bond acceptors (Lipinski definition) is 7. The Morgan fingerprint density at radius 2 is 2.25 bits per heavy atom. The van der Waals surface area contributed by atoms with E-state index in [0.717, 1.165) is 11.1 Å². The monoisotopic (exact) mass is 327 g/mol. The number of aromatic nitrogens is 5. The van der Waals surface area contributed by atoms with Crippen molar-refractivity contribution in [3.63, 3.8) is 0 Å². The summed E-state index contributed by atoms with van der Waals surface area (Å²) in [7, 11) is 0. The van der Waals surface area contributed by atoms with Gasteiger partial charge in [-0.15, -0.1) is 0 Å². The van der Waals surface area contributed by atoms with Crippen LogP contribution >= 0.6 is 0 Å². The second-order valence-electron chi connectivity index (χ2n) is 5.04. The number of aliphatic imine (C=N–C) groups is 1. The Labute approximate surface area is 137 Å². The maximum Gasteiger partial charge on any atom is 0.0999 e. The fraction of sp³-hybridized carbons (Fsp3) is 0.200. The molecule has 0 bridgehead atoms. The Morgan fingerprint density at radius 1 is 1.42 bits per heavy atom. The minimum atomic E-state index is -0.596. The van der Waals surface area contributed by atoms with Gasteiger partial charge >= 0.3 is 0 Å². The van der Waals surface area contributed by atoms with Crippen molar-refractivity contribution in [1.29, 1.82) is 0 Å². The van der Waals surface area contributed by atoms with Crippen LogP contribution in [0.25, 0.3) is 22.3 Å². The summed E-state index contributed by atoms with van der Waals surface area (Å²) in [4.78, 5) is 8.74. The molecule has 0 aliphatic rings. The van der Waals surface area contributed by atoms with Gasteiger partial charge in [-0.3, -0.25) is 10.1 Å². The lowest BCUT2D eigenvalue weighted by Gasteiger charge is -2.08. The van der Waals surface area contributed by atoms with E-state index in [2.05, 4.69) is 25.3 Å². The number of fused-ring (bicyclic) bond motifs is 1. The molecule has 0 saturated carbocycles. The molecule has 3 rings (SSSR count). The molecule has 0 spiro atoms. The van der Waals surface area contributed by atoms with Crippen molar-refractivity contribution in [3.8, 4) is 11.3 Å². The Bertz CT molecular complexity index is 863. The molecule has 0 saturated heterocycles. The number of nitrogens with zero attached hydrogens (tertiary/aromatic N) is 5. The predicted molar refractivity (Wildman–Crippen MR) is 89.2 cm³/mol. The molecular formula is C15H17N7O2. The van der Waals surface area contributed by atoms with Crippen molar-refractivity contribution >= 4 is 17.3 Å². The molecule has 0 amide bonds. The minimum absolute atomic E-state index is 0.253. The second kappa shape index (κ2) is 7.02. The number of aromatic amines is 1. The van der Waals surface area contributed by atoms with Crippen LogP contribution in [0.5, 0.6) is 0 Å². The van der Waals surface area contributed by atoms with E-state index in [4.69, 9.17) is 15.9 Å². The van der Waals surface area contributed by atoms with Gasteiger partial charge in [-0.25, -0.2) is 9.50 Å². The standard InChI is InChI=1S/C15H17N7O2/c16-3-10(4-17-12(8-23)9-24)13-7-22-14(1-2-20-22)15(21-13)11-5-18-19-6-11/h1-7,12,23-24H,8-9,16H2,(H,18,19). The minimum Gasteiger partial charge on any atom is -0.404 e. The van der Waals surface area contributed by atoms with Crippen LogP contribution in [0, 0.1) is 0 Å². The van der Waals surface area contributed by atoms with Crippen LogP contribution in [-0.4, -0.2) is 60.5 Å². The number of allylic oxidation sites excluding steroid dienone is 1. The maximum atomic E-state index is 9.10. The second-order valence-corrected chi connectivity index (χ2v) is 5.04. The van der Waals surface area contributed by atoms with Crippen LogP contribution in [0.1, 0.15) is 5.69 Å². The average molecular weight is 327 g/mol. The van der Waals surface area contributed by atoms with E-state index in [1.807, 2.05) is 6.07 Å². The molecule has 0 atom stereocenters. The zero-order chi connectivity index (χ0) is 16.9. The zero-order valence-corrected chi connectivity index (χ0v) is 12.7. The molecule has 0 aliphatic heterocycles. The van der Waals surface area contributed by atoms with Crippen LogP contribution in [0.2, 0.25) is 0 Å². The summed E-state index contributed by atoms with van der Waals surface area (Å²) in [6.07, 6.45) is 9.67. The highest BCUT2D eigenvalue weighted by Crippen LogP contribution is 2.23. The predicted octanol–water partition coefficient (Wildman–Crippen LogP) is -0.157.